The van der Waals surface area contributed by atoms with E-state index in [1.54, 1.807) is 25.1 Å². The van der Waals surface area contributed by atoms with Gasteiger partial charge in [0.2, 0.25) is 11.8 Å². The fraction of sp³-hybridized carbons (Fsp3) is 0.310. The van der Waals surface area contributed by atoms with Gasteiger partial charge < -0.3 is 10.2 Å². The number of carbonyl (C=O) groups excluding carboxylic acids is 2. The summed E-state index contributed by atoms with van der Waals surface area (Å²) in [6.45, 7) is 5.02. The standard InChI is InChI=1S/C29H34FN3O4S/c1-4-22(3)31-29(35)26(5-2)32(20-23-14-8-6-9-15-23)28(34)21-33(27-19-13-12-18-25(27)30)38(36,37)24-16-10-7-11-17-24/h6-19,22,26H,4-5,20-21H2,1-3H3,(H,31,35)/t22-,26-/m0/s1. The van der Waals surface area contributed by atoms with Gasteiger partial charge in [0.1, 0.15) is 18.4 Å². The second-order valence-electron chi connectivity index (χ2n) is 9.03. The van der Waals surface area contributed by atoms with Crippen LogP contribution in [0.5, 0.6) is 0 Å². The van der Waals surface area contributed by atoms with E-state index in [1.165, 1.54) is 35.2 Å². The number of para-hydroxylation sites is 1. The van der Waals surface area contributed by atoms with Gasteiger partial charge in [-0.15, -0.1) is 0 Å². The molecule has 2 amide bonds. The lowest BCUT2D eigenvalue weighted by atomic mass is 10.1. The molecule has 0 aliphatic rings. The van der Waals surface area contributed by atoms with Gasteiger partial charge in [-0.1, -0.05) is 74.5 Å². The van der Waals surface area contributed by atoms with Crippen LogP contribution in [0.4, 0.5) is 10.1 Å². The molecule has 3 rings (SSSR count). The Morgan fingerprint density at radius 2 is 1.45 bits per heavy atom. The molecule has 0 aliphatic carbocycles. The number of benzene rings is 3. The van der Waals surface area contributed by atoms with Crippen molar-refractivity contribution < 1.29 is 22.4 Å². The number of hydrogen-bond donors (Lipinski definition) is 1. The highest BCUT2D eigenvalue weighted by atomic mass is 32.2. The van der Waals surface area contributed by atoms with Gasteiger partial charge in [-0.05, 0) is 49.6 Å². The van der Waals surface area contributed by atoms with Crippen molar-refractivity contribution in [1.82, 2.24) is 10.2 Å². The number of rotatable bonds is 12. The number of nitrogens with zero attached hydrogens (tertiary/aromatic N) is 2. The van der Waals surface area contributed by atoms with Crippen LogP contribution in [0.15, 0.2) is 89.8 Å². The van der Waals surface area contributed by atoms with Gasteiger partial charge in [0.15, 0.2) is 0 Å². The first-order valence-electron chi connectivity index (χ1n) is 12.6. The summed E-state index contributed by atoms with van der Waals surface area (Å²) >= 11 is 0. The first kappa shape index (κ1) is 28.8. The van der Waals surface area contributed by atoms with Crippen LogP contribution in [0.1, 0.15) is 39.2 Å². The van der Waals surface area contributed by atoms with Crippen LogP contribution >= 0.6 is 0 Å². The molecule has 9 heteroatoms. The number of nitrogens with one attached hydrogen (secondary N) is 1. The molecule has 38 heavy (non-hydrogen) atoms. The van der Waals surface area contributed by atoms with Crippen molar-refractivity contribution in [2.45, 2.75) is 57.1 Å². The number of amides is 2. The number of anilines is 1. The van der Waals surface area contributed by atoms with Crippen molar-refractivity contribution in [3.8, 4) is 0 Å². The van der Waals surface area contributed by atoms with Crippen LogP contribution < -0.4 is 9.62 Å². The first-order valence-corrected chi connectivity index (χ1v) is 14.1. The summed E-state index contributed by atoms with van der Waals surface area (Å²) in [6.07, 6.45) is 1.02. The molecule has 0 aliphatic heterocycles. The fourth-order valence-corrected chi connectivity index (χ4v) is 5.47. The molecule has 0 heterocycles. The molecule has 0 unspecified atom stereocenters. The smallest absolute Gasteiger partial charge is 0.264 e. The molecule has 0 saturated carbocycles. The summed E-state index contributed by atoms with van der Waals surface area (Å²) in [7, 11) is -4.31. The third-order valence-electron chi connectivity index (χ3n) is 6.31. The van der Waals surface area contributed by atoms with Crippen LogP contribution in [0, 0.1) is 5.82 Å². The van der Waals surface area contributed by atoms with Gasteiger partial charge in [0.05, 0.1) is 10.6 Å². The molecule has 0 fully saturated rings. The van der Waals surface area contributed by atoms with Crippen molar-refractivity contribution in [3.05, 3.63) is 96.3 Å². The maximum atomic E-state index is 14.9. The van der Waals surface area contributed by atoms with Gasteiger partial charge in [-0.25, -0.2) is 12.8 Å². The topological polar surface area (TPSA) is 86.8 Å². The average molecular weight is 540 g/mol. The van der Waals surface area contributed by atoms with E-state index in [1.807, 2.05) is 44.2 Å². The van der Waals surface area contributed by atoms with Gasteiger partial charge in [-0.3, -0.25) is 13.9 Å². The van der Waals surface area contributed by atoms with E-state index < -0.39 is 34.3 Å². The molecule has 3 aromatic rings. The number of sulfonamides is 1. The first-order chi connectivity index (χ1) is 18.2. The Morgan fingerprint density at radius 1 is 0.868 bits per heavy atom. The Balaban J connectivity index is 2.04. The Bertz CT molecular complexity index is 1320. The van der Waals surface area contributed by atoms with Gasteiger partial charge in [0.25, 0.3) is 10.0 Å². The van der Waals surface area contributed by atoms with Gasteiger partial charge in [0, 0.05) is 12.6 Å². The minimum Gasteiger partial charge on any atom is -0.352 e. The Kier molecular flexibility index (Phi) is 10.0. The Labute approximate surface area is 224 Å². The van der Waals surface area contributed by atoms with Crippen LogP contribution in [0.25, 0.3) is 0 Å². The summed E-state index contributed by atoms with van der Waals surface area (Å²) in [4.78, 5) is 28.4. The average Bonchev–Trinajstić information content (AvgIpc) is 2.92. The van der Waals surface area contributed by atoms with Crippen LogP contribution in [0.3, 0.4) is 0 Å². The molecule has 202 valence electrons. The fourth-order valence-electron chi connectivity index (χ4n) is 4.03. The molecular weight excluding hydrogens is 505 g/mol. The third-order valence-corrected chi connectivity index (χ3v) is 8.09. The zero-order chi connectivity index (χ0) is 27.7. The summed E-state index contributed by atoms with van der Waals surface area (Å²) in [5.41, 5.74) is 0.528. The highest BCUT2D eigenvalue weighted by molar-refractivity contribution is 7.92. The second kappa shape index (κ2) is 13.2. The van der Waals surface area contributed by atoms with Crippen molar-refractivity contribution in [1.29, 1.82) is 0 Å². The lowest BCUT2D eigenvalue weighted by Gasteiger charge is -2.33. The monoisotopic (exact) mass is 539 g/mol. The third kappa shape index (κ3) is 6.98. The van der Waals surface area contributed by atoms with E-state index in [4.69, 9.17) is 0 Å². The van der Waals surface area contributed by atoms with E-state index in [0.29, 0.717) is 12.8 Å². The molecule has 7 nitrogen and oxygen atoms in total. The van der Waals surface area contributed by atoms with Gasteiger partial charge >= 0.3 is 0 Å². The molecule has 0 spiro atoms. The van der Waals surface area contributed by atoms with Crippen molar-refractivity contribution >= 4 is 27.5 Å². The quantitative estimate of drug-likeness (QED) is 0.360. The lowest BCUT2D eigenvalue weighted by molar-refractivity contribution is -0.140. The molecule has 2 atom stereocenters. The number of carbonyl (C=O) groups is 2. The normalized spacial score (nSPS) is 12.8. The van der Waals surface area contributed by atoms with Crippen LogP contribution in [-0.2, 0) is 26.2 Å². The van der Waals surface area contributed by atoms with Crippen molar-refractivity contribution in [2.75, 3.05) is 10.8 Å². The summed E-state index contributed by atoms with van der Waals surface area (Å²) in [5.74, 6) is -1.73. The Hall–Kier alpha value is -3.72. The predicted octanol–water partition coefficient (Wildman–Crippen LogP) is 4.74. The molecule has 1 N–H and O–H groups in total. The van der Waals surface area contributed by atoms with Crippen molar-refractivity contribution in [2.24, 2.45) is 0 Å². The molecule has 0 saturated heterocycles. The van der Waals surface area contributed by atoms with Crippen LogP contribution in [-0.4, -0.2) is 43.8 Å². The van der Waals surface area contributed by atoms with Crippen molar-refractivity contribution in [3.63, 3.8) is 0 Å². The second-order valence-corrected chi connectivity index (χ2v) is 10.9. The molecule has 3 aromatic carbocycles. The predicted molar refractivity (Wildman–Crippen MR) is 146 cm³/mol. The molecule has 0 radical (unpaired) electrons. The summed E-state index contributed by atoms with van der Waals surface area (Å²) in [5, 5.41) is 2.93. The van der Waals surface area contributed by atoms with E-state index in [9.17, 15) is 22.4 Å². The van der Waals surface area contributed by atoms with Crippen LogP contribution in [0.2, 0.25) is 0 Å². The largest absolute Gasteiger partial charge is 0.352 e. The minimum absolute atomic E-state index is 0.0767. The summed E-state index contributed by atoms with van der Waals surface area (Å²) < 4.78 is 43.0. The number of hydrogen-bond acceptors (Lipinski definition) is 4. The van der Waals surface area contributed by atoms with E-state index in [2.05, 4.69) is 5.32 Å². The minimum atomic E-state index is -4.31. The molecule has 0 aromatic heterocycles. The van der Waals surface area contributed by atoms with E-state index in [0.717, 1.165) is 15.9 Å². The zero-order valence-corrected chi connectivity index (χ0v) is 22.7. The maximum absolute atomic E-state index is 14.9. The maximum Gasteiger partial charge on any atom is 0.264 e. The highest BCUT2D eigenvalue weighted by Crippen LogP contribution is 2.27. The van der Waals surface area contributed by atoms with E-state index >= 15 is 0 Å². The molecular formula is C29H34FN3O4S. The molecule has 0 bridgehead atoms. The van der Waals surface area contributed by atoms with Gasteiger partial charge in [-0.2, -0.15) is 0 Å². The highest BCUT2D eigenvalue weighted by Gasteiger charge is 2.34. The number of halogens is 1. The Morgan fingerprint density at radius 3 is 2.03 bits per heavy atom. The SMILES string of the molecule is CC[C@H](C)NC(=O)[C@H](CC)N(Cc1ccccc1)C(=O)CN(c1ccccc1F)S(=O)(=O)c1ccccc1. The zero-order valence-electron chi connectivity index (χ0n) is 21.9. The lowest BCUT2D eigenvalue weighted by Crippen LogP contribution is -2.53. The van der Waals surface area contributed by atoms with E-state index in [-0.39, 0.29) is 29.1 Å². The summed E-state index contributed by atoms with van der Waals surface area (Å²) in [6, 6.07) is 21.2.